The topological polar surface area (TPSA) is 122 Å². The van der Waals surface area contributed by atoms with Crippen LogP contribution < -0.4 is 0 Å². The van der Waals surface area contributed by atoms with Crippen molar-refractivity contribution in [2.75, 3.05) is 0 Å². The monoisotopic (exact) mass is 291 g/mol. The van der Waals surface area contributed by atoms with Gasteiger partial charge in [0.1, 0.15) is 4.90 Å². The number of hydrogen-bond donors (Lipinski definition) is 2. The van der Waals surface area contributed by atoms with E-state index in [0.29, 0.717) is 0 Å². The Labute approximate surface area is 104 Å². The highest BCUT2D eigenvalue weighted by Crippen LogP contribution is 2.23. The Morgan fingerprint density at radius 3 is 2.28 bits per heavy atom. The van der Waals surface area contributed by atoms with E-state index in [2.05, 4.69) is 10.7 Å². The summed E-state index contributed by atoms with van der Waals surface area (Å²) in [7, 11) is -9.74. The van der Waals surface area contributed by atoms with Crippen molar-refractivity contribution in [3.05, 3.63) is 29.6 Å². The summed E-state index contributed by atoms with van der Waals surface area (Å²) in [5.74, 6) is 0. The smallest absolute Gasteiger partial charge is 0.282 e. The maximum absolute atomic E-state index is 11.2. The van der Waals surface area contributed by atoms with E-state index < -0.39 is 30.2 Å². The zero-order valence-electron chi connectivity index (χ0n) is 9.10. The van der Waals surface area contributed by atoms with Gasteiger partial charge < -0.3 is 0 Å². The molecule has 0 fully saturated rings. The van der Waals surface area contributed by atoms with Gasteiger partial charge in [0.05, 0.1) is 0 Å². The highest BCUT2D eigenvalue weighted by Gasteiger charge is 2.27. The van der Waals surface area contributed by atoms with Crippen LogP contribution in [0, 0.1) is 0 Å². The summed E-state index contributed by atoms with van der Waals surface area (Å²) in [5, 5.41) is -1.13. The fourth-order valence-corrected chi connectivity index (χ4v) is 3.05. The molecule has 9 heteroatoms. The third-order valence-electron chi connectivity index (χ3n) is 1.81. The molecule has 0 saturated heterocycles. The second-order valence-electron chi connectivity index (χ2n) is 3.08. The molecule has 1 rings (SSSR count). The quantitative estimate of drug-likeness (QED) is 0.622. The van der Waals surface area contributed by atoms with Crippen molar-refractivity contribution in [1.82, 2.24) is 4.98 Å². The lowest BCUT2D eigenvalue weighted by atomic mass is 10.2. The van der Waals surface area contributed by atoms with Crippen molar-refractivity contribution in [3.8, 4) is 0 Å². The maximum atomic E-state index is 11.2. The Morgan fingerprint density at radius 2 is 1.83 bits per heavy atom. The first-order valence-electron chi connectivity index (χ1n) is 4.49. The van der Waals surface area contributed by atoms with Crippen molar-refractivity contribution >= 4 is 26.3 Å². The Kier molecular flexibility index (Phi) is 4.05. The normalized spacial score (nSPS) is 11.7. The summed E-state index contributed by atoms with van der Waals surface area (Å²) in [6, 6.07) is 1.16. The second kappa shape index (κ2) is 5.01. The Hall–Kier alpha value is -1.51. The molecule has 0 aliphatic rings. The van der Waals surface area contributed by atoms with E-state index in [1.54, 1.807) is 6.92 Å². The number of aromatic nitrogens is 1. The number of rotatable bonds is 3. The first-order valence-corrected chi connectivity index (χ1v) is 7.37. The molecule has 0 amide bonds. The van der Waals surface area contributed by atoms with Crippen LogP contribution in [0.3, 0.4) is 0 Å². The van der Waals surface area contributed by atoms with Crippen LogP contribution in [0.15, 0.2) is 34.0 Å². The van der Waals surface area contributed by atoms with E-state index in [0.717, 1.165) is 18.3 Å². The average Bonchev–Trinajstić information content (AvgIpc) is 2.23. The van der Waals surface area contributed by atoms with Crippen molar-refractivity contribution in [2.24, 2.45) is 0 Å². The third-order valence-corrected chi connectivity index (χ3v) is 3.68. The van der Waals surface area contributed by atoms with E-state index in [1.165, 1.54) is 6.08 Å². The molecule has 2 N–H and O–H groups in total. The predicted molar refractivity (Wildman–Crippen MR) is 62.1 cm³/mol. The number of nitrogens with zero attached hydrogens (tertiary/aromatic N) is 1. The maximum Gasteiger partial charge on any atom is 0.313 e. The zero-order chi connectivity index (χ0) is 14.0. The minimum atomic E-state index is -4.87. The molecule has 1 aromatic rings. The highest BCUT2D eigenvalue weighted by atomic mass is 32.2. The fourth-order valence-electron chi connectivity index (χ4n) is 1.17. The molecule has 0 unspecified atom stereocenters. The molecule has 0 atom stereocenters. The van der Waals surface area contributed by atoms with Gasteiger partial charge in [-0.25, -0.2) is 4.98 Å². The Bertz CT molecular complexity index is 726. The molecule has 0 bridgehead atoms. The molecular formula is C9H9NO6S2. The lowest BCUT2D eigenvalue weighted by molar-refractivity contribution is 0.461. The third kappa shape index (κ3) is 3.25. The molecule has 1 aromatic heterocycles. The van der Waals surface area contributed by atoms with Crippen molar-refractivity contribution in [2.45, 2.75) is 16.8 Å². The van der Waals surface area contributed by atoms with Gasteiger partial charge in [0.25, 0.3) is 10.1 Å². The van der Waals surface area contributed by atoms with E-state index in [9.17, 15) is 16.8 Å². The lowest BCUT2D eigenvalue weighted by Gasteiger charge is -2.05. The minimum Gasteiger partial charge on any atom is -0.282 e. The summed E-state index contributed by atoms with van der Waals surface area (Å²) in [4.78, 5) is 2.27. The van der Waals surface area contributed by atoms with E-state index >= 15 is 0 Å². The lowest BCUT2D eigenvalue weighted by Crippen LogP contribution is -2.12. The number of pyridine rings is 1. The van der Waals surface area contributed by atoms with Crippen LogP contribution in [0.5, 0.6) is 0 Å². The Morgan fingerprint density at radius 1 is 1.22 bits per heavy atom. The molecule has 0 radical (unpaired) electrons. The van der Waals surface area contributed by atoms with Crippen LogP contribution in [-0.2, 0) is 20.2 Å². The van der Waals surface area contributed by atoms with Gasteiger partial charge in [-0.1, -0.05) is 0 Å². The van der Waals surface area contributed by atoms with Crippen LogP contribution in [0.4, 0.5) is 0 Å². The van der Waals surface area contributed by atoms with Crippen LogP contribution in [-0.4, -0.2) is 30.9 Å². The molecule has 7 nitrogen and oxygen atoms in total. The van der Waals surface area contributed by atoms with Crippen LogP contribution in [0.1, 0.15) is 12.5 Å². The van der Waals surface area contributed by atoms with Crippen LogP contribution in [0.25, 0.3) is 6.08 Å². The molecule has 18 heavy (non-hydrogen) atoms. The fraction of sp³-hybridized carbons (Fsp3) is 0.111. The standard InChI is InChI=1S/C9H9NO6S2/c1-2-3-4-7-5-6-10-9(18(14,15)16)8(7)17(11,12)13/h2,4-6H,1H3,(H,11,12,13)(H,14,15,16). The van der Waals surface area contributed by atoms with Crippen LogP contribution in [0.2, 0.25) is 0 Å². The minimum absolute atomic E-state index is 0.154. The van der Waals surface area contributed by atoms with Crippen LogP contribution >= 0.6 is 0 Å². The molecular weight excluding hydrogens is 282 g/mol. The first kappa shape index (κ1) is 14.6. The summed E-state index contributed by atoms with van der Waals surface area (Å²) in [6.07, 6.45) is 3.57. The molecule has 0 aliphatic heterocycles. The SMILES string of the molecule is CC=C=Cc1ccnc(S(=O)(=O)O)c1S(=O)(=O)O. The highest BCUT2D eigenvalue weighted by molar-refractivity contribution is 7.89. The van der Waals surface area contributed by atoms with Gasteiger partial charge in [-0.15, -0.1) is 5.73 Å². The summed E-state index contributed by atoms with van der Waals surface area (Å²) in [6.45, 7) is 1.61. The molecule has 0 saturated carbocycles. The van der Waals surface area contributed by atoms with Gasteiger partial charge in [0.15, 0.2) is 0 Å². The van der Waals surface area contributed by atoms with Crippen molar-refractivity contribution in [3.63, 3.8) is 0 Å². The molecule has 1 heterocycles. The van der Waals surface area contributed by atoms with Crippen molar-refractivity contribution < 1.29 is 25.9 Å². The average molecular weight is 291 g/mol. The largest absolute Gasteiger partial charge is 0.313 e. The zero-order valence-corrected chi connectivity index (χ0v) is 10.7. The Balaban J connectivity index is 3.84. The van der Waals surface area contributed by atoms with Gasteiger partial charge in [-0.05, 0) is 25.1 Å². The summed E-state index contributed by atoms with van der Waals surface area (Å²) in [5.41, 5.74) is 2.37. The van der Waals surface area contributed by atoms with Gasteiger partial charge in [0, 0.05) is 11.8 Å². The number of hydrogen-bond acceptors (Lipinski definition) is 5. The predicted octanol–water partition coefficient (Wildman–Crippen LogP) is 0.763. The molecule has 0 aliphatic carbocycles. The number of allylic oxidation sites excluding steroid dienone is 1. The van der Waals surface area contributed by atoms with Crippen molar-refractivity contribution in [1.29, 1.82) is 0 Å². The summed E-state index contributed by atoms with van der Waals surface area (Å²) < 4.78 is 62.2. The molecule has 0 spiro atoms. The van der Waals surface area contributed by atoms with Gasteiger partial charge in [-0.3, -0.25) is 9.11 Å². The second-order valence-corrected chi connectivity index (χ2v) is 5.78. The summed E-state index contributed by atoms with van der Waals surface area (Å²) >= 11 is 0. The first-order chi connectivity index (χ1) is 8.18. The van der Waals surface area contributed by atoms with E-state index in [-0.39, 0.29) is 5.56 Å². The van der Waals surface area contributed by atoms with Gasteiger partial charge >= 0.3 is 10.1 Å². The van der Waals surface area contributed by atoms with Gasteiger partial charge in [0.2, 0.25) is 5.03 Å². The van der Waals surface area contributed by atoms with E-state index in [4.69, 9.17) is 9.11 Å². The molecule has 98 valence electrons. The molecule has 0 aromatic carbocycles. The van der Waals surface area contributed by atoms with E-state index in [1.807, 2.05) is 0 Å². The van der Waals surface area contributed by atoms with Gasteiger partial charge in [-0.2, -0.15) is 16.8 Å².